The Hall–Kier alpha value is -1.92. The maximum absolute atomic E-state index is 12.5. The van der Waals surface area contributed by atoms with Crippen LogP contribution in [0.1, 0.15) is 24.8 Å². The summed E-state index contributed by atoms with van der Waals surface area (Å²) in [5.41, 5.74) is -1.16. The summed E-state index contributed by atoms with van der Waals surface area (Å²) in [6, 6.07) is 6.49. The van der Waals surface area contributed by atoms with Gasteiger partial charge in [-0.15, -0.1) is 0 Å². The number of ether oxygens (including phenoxy) is 2. The first-order chi connectivity index (χ1) is 11.2. The van der Waals surface area contributed by atoms with Crippen molar-refractivity contribution in [1.82, 2.24) is 0 Å². The van der Waals surface area contributed by atoms with Crippen molar-refractivity contribution in [2.75, 3.05) is 14.2 Å². The molecule has 0 radical (unpaired) electrons. The van der Waals surface area contributed by atoms with Crippen LogP contribution in [0.3, 0.4) is 0 Å². The summed E-state index contributed by atoms with van der Waals surface area (Å²) < 4.78 is 9.55. The van der Waals surface area contributed by atoms with Crippen molar-refractivity contribution in [2.45, 2.75) is 24.9 Å². The molecule has 0 saturated heterocycles. The molecule has 24 heavy (non-hydrogen) atoms. The molecule has 1 fully saturated rings. The molecule has 0 unspecified atom stereocenters. The molecule has 6 nitrogen and oxygen atoms in total. The van der Waals surface area contributed by atoms with Crippen LogP contribution in [0.25, 0.3) is 0 Å². The van der Waals surface area contributed by atoms with Crippen LogP contribution < -0.4 is 0 Å². The van der Waals surface area contributed by atoms with Gasteiger partial charge in [-0.2, -0.15) is 0 Å². The highest BCUT2D eigenvalue weighted by Gasteiger charge is 2.56. The molecule has 0 aromatic heterocycles. The minimum atomic E-state index is -1.65. The van der Waals surface area contributed by atoms with Crippen molar-refractivity contribution in [1.29, 1.82) is 0 Å². The van der Waals surface area contributed by atoms with Crippen molar-refractivity contribution in [3.63, 3.8) is 0 Å². The van der Waals surface area contributed by atoms with E-state index in [-0.39, 0.29) is 6.42 Å². The summed E-state index contributed by atoms with van der Waals surface area (Å²) in [5, 5.41) is 11.1. The van der Waals surface area contributed by atoms with Gasteiger partial charge >= 0.3 is 11.9 Å². The zero-order valence-electron chi connectivity index (χ0n) is 13.6. The monoisotopic (exact) mass is 354 g/mol. The molecule has 130 valence electrons. The van der Waals surface area contributed by atoms with E-state index in [1.165, 1.54) is 21.1 Å². The van der Waals surface area contributed by atoms with Gasteiger partial charge in [0.05, 0.1) is 25.7 Å². The molecule has 7 heteroatoms. The number of carbonyl (C=O) groups excluding carboxylic acids is 3. The molecule has 0 bridgehead atoms. The fraction of sp³-hybridized carbons (Fsp3) is 0.471. The molecule has 1 aromatic rings. The highest BCUT2D eigenvalue weighted by atomic mass is 35.5. The lowest BCUT2D eigenvalue weighted by atomic mass is 9.62. The Morgan fingerprint density at radius 3 is 2.42 bits per heavy atom. The van der Waals surface area contributed by atoms with Crippen molar-refractivity contribution in [3.8, 4) is 0 Å². The van der Waals surface area contributed by atoms with Gasteiger partial charge in [0, 0.05) is 17.4 Å². The Bertz CT molecular complexity index is 669. The summed E-state index contributed by atoms with van der Waals surface area (Å²) in [6.45, 7) is 1.39. The second kappa shape index (κ2) is 6.91. The number of halogens is 1. The van der Waals surface area contributed by atoms with Gasteiger partial charge in [0.1, 0.15) is 5.92 Å². The van der Waals surface area contributed by atoms with Gasteiger partial charge in [0.2, 0.25) is 0 Å². The summed E-state index contributed by atoms with van der Waals surface area (Å²) in [7, 11) is 2.36. The van der Waals surface area contributed by atoms with Gasteiger partial charge < -0.3 is 14.6 Å². The fourth-order valence-electron chi connectivity index (χ4n) is 3.38. The predicted molar refractivity (Wildman–Crippen MR) is 85.5 cm³/mol. The van der Waals surface area contributed by atoms with Crippen LogP contribution in [0.4, 0.5) is 0 Å². The van der Waals surface area contributed by atoms with Crippen molar-refractivity contribution in [3.05, 3.63) is 34.9 Å². The second-order valence-corrected chi connectivity index (χ2v) is 6.52. The van der Waals surface area contributed by atoms with Crippen molar-refractivity contribution >= 4 is 29.3 Å². The van der Waals surface area contributed by atoms with Gasteiger partial charge in [-0.05, 0) is 24.6 Å². The van der Waals surface area contributed by atoms with Crippen LogP contribution in [-0.4, -0.2) is 42.6 Å². The molecule has 0 amide bonds. The number of Topliss-reactive ketones (excluding diaryl/α,β-unsaturated/α-hetero) is 1. The Morgan fingerprint density at radius 1 is 1.25 bits per heavy atom. The van der Waals surface area contributed by atoms with E-state index in [1.807, 2.05) is 0 Å². The number of hydrogen-bond donors (Lipinski definition) is 1. The Balaban J connectivity index is 2.65. The first kappa shape index (κ1) is 18.4. The van der Waals surface area contributed by atoms with E-state index in [2.05, 4.69) is 0 Å². The third-order valence-corrected chi connectivity index (χ3v) is 4.65. The summed E-state index contributed by atoms with van der Waals surface area (Å²) in [6.07, 6.45) is -0.344. The van der Waals surface area contributed by atoms with Crippen LogP contribution >= 0.6 is 11.6 Å². The molecule has 0 aliphatic heterocycles. The van der Waals surface area contributed by atoms with Gasteiger partial charge in [-0.25, -0.2) is 0 Å². The number of benzene rings is 1. The topological polar surface area (TPSA) is 89.9 Å². The quantitative estimate of drug-likeness (QED) is 0.656. The maximum Gasteiger partial charge on any atom is 0.316 e. The van der Waals surface area contributed by atoms with E-state index >= 15 is 0 Å². The smallest absolute Gasteiger partial charge is 0.316 e. The number of methoxy groups -OCH3 is 2. The Kier molecular flexibility index (Phi) is 5.30. The normalized spacial score (nSPS) is 29.9. The molecule has 1 aliphatic carbocycles. The highest BCUT2D eigenvalue weighted by Crippen LogP contribution is 2.46. The standard InChI is InChI=1S/C17H19ClO6/c1-17(22)8-11(19)13(15(20)23-2)12(14(17)16(21)24-3)9-5-4-6-10(18)7-9/h4-7,12-14,22H,8H2,1-3H3/t12-,13+,14-,17-/m0/s1. The number of esters is 2. The number of ketones is 1. The molecule has 1 N–H and O–H groups in total. The van der Waals surface area contributed by atoms with Gasteiger partial charge in [-0.3, -0.25) is 14.4 Å². The minimum absolute atomic E-state index is 0.344. The van der Waals surface area contributed by atoms with E-state index in [9.17, 15) is 19.5 Å². The zero-order valence-corrected chi connectivity index (χ0v) is 14.4. The molecule has 1 aliphatic rings. The average molecular weight is 355 g/mol. The molecule has 0 heterocycles. The average Bonchev–Trinajstić information content (AvgIpc) is 2.52. The SMILES string of the molecule is COC(=O)[C@@H]1C(=O)C[C@](C)(O)[C@H](C(=O)OC)[C@H]1c1cccc(Cl)c1. The second-order valence-electron chi connectivity index (χ2n) is 6.08. The maximum atomic E-state index is 12.5. The zero-order chi connectivity index (χ0) is 18.1. The number of rotatable bonds is 3. The molecular weight excluding hydrogens is 336 g/mol. The number of hydrogen-bond acceptors (Lipinski definition) is 6. The minimum Gasteiger partial charge on any atom is -0.469 e. The molecule has 4 atom stereocenters. The lowest BCUT2D eigenvalue weighted by molar-refractivity contribution is -0.170. The van der Waals surface area contributed by atoms with Crippen LogP contribution in [0.15, 0.2) is 24.3 Å². The lowest BCUT2D eigenvalue weighted by Gasteiger charge is -2.43. The summed E-state index contributed by atoms with van der Waals surface area (Å²) in [4.78, 5) is 37.0. The molecule has 0 spiro atoms. The first-order valence-electron chi connectivity index (χ1n) is 7.39. The van der Waals surface area contributed by atoms with Gasteiger partial charge in [0.25, 0.3) is 0 Å². The fourth-order valence-corrected chi connectivity index (χ4v) is 3.58. The van der Waals surface area contributed by atoms with Gasteiger partial charge in [-0.1, -0.05) is 23.7 Å². The lowest BCUT2D eigenvalue weighted by Crippen LogP contribution is -2.55. The number of carbonyl (C=O) groups is 3. The Labute approximate surface area is 144 Å². The van der Waals surface area contributed by atoms with Crippen LogP contribution in [0, 0.1) is 11.8 Å². The molecule has 1 aromatic carbocycles. The van der Waals surface area contributed by atoms with Gasteiger partial charge in [0.15, 0.2) is 5.78 Å². The van der Waals surface area contributed by atoms with E-state index in [0.717, 1.165) is 0 Å². The summed E-state index contributed by atoms with van der Waals surface area (Å²) >= 11 is 6.01. The van der Waals surface area contributed by atoms with E-state index in [0.29, 0.717) is 10.6 Å². The van der Waals surface area contributed by atoms with Crippen LogP contribution in [0.5, 0.6) is 0 Å². The highest BCUT2D eigenvalue weighted by molar-refractivity contribution is 6.30. The summed E-state index contributed by atoms with van der Waals surface area (Å²) in [5.74, 6) is -5.20. The van der Waals surface area contributed by atoms with Crippen LogP contribution in [0.2, 0.25) is 5.02 Å². The van der Waals surface area contributed by atoms with E-state index in [4.69, 9.17) is 21.1 Å². The third-order valence-electron chi connectivity index (χ3n) is 4.41. The first-order valence-corrected chi connectivity index (χ1v) is 7.77. The van der Waals surface area contributed by atoms with Crippen molar-refractivity contribution in [2.24, 2.45) is 11.8 Å². The predicted octanol–water partition coefficient (Wildman–Crippen LogP) is 1.73. The Morgan fingerprint density at radius 2 is 1.88 bits per heavy atom. The number of aliphatic hydroxyl groups is 1. The third kappa shape index (κ3) is 3.30. The van der Waals surface area contributed by atoms with Crippen molar-refractivity contribution < 1.29 is 29.0 Å². The molecule has 2 rings (SSSR count). The molecular formula is C17H19ClO6. The van der Waals surface area contributed by atoms with Crippen LogP contribution in [-0.2, 0) is 23.9 Å². The largest absolute Gasteiger partial charge is 0.469 e. The molecule has 1 saturated carbocycles. The van der Waals surface area contributed by atoms with E-state index < -0.39 is 41.1 Å². The van der Waals surface area contributed by atoms with E-state index in [1.54, 1.807) is 24.3 Å².